The zero-order valence-electron chi connectivity index (χ0n) is 13.2. The first kappa shape index (κ1) is 19.7. The van der Waals surface area contributed by atoms with E-state index in [1.54, 1.807) is 0 Å². The molecule has 2 aromatic carbocycles. The van der Waals surface area contributed by atoms with Gasteiger partial charge in [0.2, 0.25) is 0 Å². The fourth-order valence-corrected chi connectivity index (χ4v) is 3.82. The van der Waals surface area contributed by atoms with Gasteiger partial charge in [-0.3, -0.25) is 4.31 Å². The van der Waals surface area contributed by atoms with Crippen molar-refractivity contribution in [2.24, 2.45) is 0 Å². The van der Waals surface area contributed by atoms with E-state index in [0.717, 1.165) is 49.4 Å². The van der Waals surface area contributed by atoms with E-state index in [1.165, 1.54) is 0 Å². The number of carboxylic acid groups (broad SMARTS) is 1. The van der Waals surface area contributed by atoms with Crippen molar-refractivity contribution in [2.45, 2.75) is 24.0 Å². The Morgan fingerprint density at radius 3 is 2.19 bits per heavy atom. The van der Waals surface area contributed by atoms with Crippen molar-refractivity contribution in [3.05, 3.63) is 59.9 Å². The van der Waals surface area contributed by atoms with E-state index < -0.39 is 50.2 Å². The Hall–Kier alpha value is -2.62. The number of hydrogen-bond donors (Lipinski definition) is 1. The molecular weight excluding hydrogens is 378 g/mol. The maximum absolute atomic E-state index is 13.0. The van der Waals surface area contributed by atoms with Gasteiger partial charge in [0.1, 0.15) is 11.9 Å². The lowest BCUT2D eigenvalue weighted by Gasteiger charge is -2.28. The molecule has 0 amide bonds. The second-order valence-electron chi connectivity index (χ2n) is 5.32. The summed E-state index contributed by atoms with van der Waals surface area (Å²) in [4.78, 5) is 10.9. The van der Waals surface area contributed by atoms with Gasteiger partial charge in [-0.25, -0.2) is 17.6 Å². The number of hydrogen-bond acceptors (Lipinski definition) is 3. The Bertz CT molecular complexity index is 911. The molecule has 1 N–H and O–H groups in total. The van der Waals surface area contributed by atoms with E-state index in [9.17, 15) is 35.9 Å². The number of anilines is 1. The summed E-state index contributed by atoms with van der Waals surface area (Å²) in [6.07, 6.45) is -4.74. The van der Waals surface area contributed by atoms with E-state index in [4.69, 9.17) is 0 Å². The first-order chi connectivity index (χ1) is 11.9. The topological polar surface area (TPSA) is 74.7 Å². The lowest BCUT2D eigenvalue weighted by atomic mass is 10.2. The first-order valence-electron chi connectivity index (χ1n) is 7.14. The number of benzene rings is 2. The lowest BCUT2D eigenvalue weighted by molar-refractivity contribution is -0.138. The summed E-state index contributed by atoms with van der Waals surface area (Å²) < 4.78 is 77.8. The van der Waals surface area contributed by atoms with E-state index >= 15 is 0 Å². The maximum Gasteiger partial charge on any atom is 0.416 e. The first-order valence-corrected chi connectivity index (χ1v) is 8.58. The third kappa shape index (κ3) is 3.96. The quantitative estimate of drug-likeness (QED) is 0.792. The van der Waals surface area contributed by atoms with Gasteiger partial charge in [0.25, 0.3) is 10.0 Å². The van der Waals surface area contributed by atoms with E-state index in [0.29, 0.717) is 10.4 Å². The number of rotatable bonds is 5. The molecule has 5 nitrogen and oxygen atoms in total. The largest absolute Gasteiger partial charge is 0.480 e. The molecule has 0 spiro atoms. The zero-order chi connectivity index (χ0) is 19.7. The number of carbonyl (C=O) groups is 1. The van der Waals surface area contributed by atoms with Crippen LogP contribution in [0.4, 0.5) is 23.2 Å². The number of sulfonamides is 1. The van der Waals surface area contributed by atoms with Crippen LogP contribution in [-0.2, 0) is 21.0 Å². The van der Waals surface area contributed by atoms with Crippen LogP contribution in [0.1, 0.15) is 12.5 Å². The van der Waals surface area contributed by atoms with Gasteiger partial charge in [0.15, 0.2) is 0 Å². The molecule has 26 heavy (non-hydrogen) atoms. The van der Waals surface area contributed by atoms with Gasteiger partial charge in [-0.2, -0.15) is 13.2 Å². The van der Waals surface area contributed by atoms with Crippen LogP contribution < -0.4 is 4.31 Å². The summed E-state index contributed by atoms with van der Waals surface area (Å²) in [7, 11) is -4.56. The number of halogens is 4. The highest BCUT2D eigenvalue weighted by Gasteiger charge is 2.36. The zero-order valence-corrected chi connectivity index (χ0v) is 14.1. The van der Waals surface area contributed by atoms with E-state index in [2.05, 4.69) is 0 Å². The molecule has 1 atom stereocenters. The summed E-state index contributed by atoms with van der Waals surface area (Å²) >= 11 is 0. The lowest BCUT2D eigenvalue weighted by Crippen LogP contribution is -2.43. The molecule has 0 aliphatic heterocycles. The predicted molar refractivity (Wildman–Crippen MR) is 84.6 cm³/mol. The number of aliphatic carboxylic acids is 1. The molecule has 0 fully saturated rings. The molecule has 1 unspecified atom stereocenters. The highest BCUT2D eigenvalue weighted by molar-refractivity contribution is 7.92. The van der Waals surface area contributed by atoms with Gasteiger partial charge in [0, 0.05) is 0 Å². The molecule has 0 radical (unpaired) electrons. The van der Waals surface area contributed by atoms with Crippen molar-refractivity contribution in [1.82, 2.24) is 0 Å². The minimum atomic E-state index is -4.74. The van der Waals surface area contributed by atoms with Crippen molar-refractivity contribution < 1.29 is 35.9 Å². The highest BCUT2D eigenvalue weighted by Crippen LogP contribution is 2.34. The van der Waals surface area contributed by atoms with Crippen LogP contribution in [-0.4, -0.2) is 25.5 Å². The van der Waals surface area contributed by atoms with Gasteiger partial charge in [-0.05, 0) is 49.4 Å². The molecule has 2 rings (SSSR count). The van der Waals surface area contributed by atoms with Crippen molar-refractivity contribution in [1.29, 1.82) is 0 Å². The van der Waals surface area contributed by atoms with Gasteiger partial charge in [-0.1, -0.05) is 6.07 Å². The Labute approximate surface area is 146 Å². The van der Waals surface area contributed by atoms with E-state index in [1.807, 2.05) is 0 Å². The van der Waals surface area contributed by atoms with Crippen molar-refractivity contribution in [3.63, 3.8) is 0 Å². The maximum atomic E-state index is 13.0. The summed E-state index contributed by atoms with van der Waals surface area (Å²) in [5.74, 6) is -2.28. The molecule has 2 aromatic rings. The van der Waals surface area contributed by atoms with Crippen molar-refractivity contribution >= 4 is 21.7 Å². The van der Waals surface area contributed by atoms with Crippen LogP contribution in [0.15, 0.2) is 53.4 Å². The van der Waals surface area contributed by atoms with Crippen LogP contribution in [0.25, 0.3) is 0 Å². The Balaban J connectivity index is 2.65. The average molecular weight is 391 g/mol. The van der Waals surface area contributed by atoms with Crippen LogP contribution >= 0.6 is 0 Å². The smallest absolute Gasteiger partial charge is 0.416 e. The predicted octanol–water partition coefficient (Wildman–Crippen LogP) is 3.51. The molecule has 10 heteroatoms. The SMILES string of the molecule is CC(C(=O)O)N(c1cccc(C(F)(F)F)c1)S(=O)(=O)c1ccc(F)cc1. The Morgan fingerprint density at radius 2 is 1.69 bits per heavy atom. The number of alkyl halides is 3. The van der Waals surface area contributed by atoms with Crippen LogP contribution in [0.2, 0.25) is 0 Å². The molecule has 0 aromatic heterocycles. The van der Waals surface area contributed by atoms with Gasteiger partial charge in [0.05, 0.1) is 16.1 Å². The van der Waals surface area contributed by atoms with Crippen molar-refractivity contribution in [2.75, 3.05) is 4.31 Å². The van der Waals surface area contributed by atoms with Crippen LogP contribution in [0.3, 0.4) is 0 Å². The second kappa shape index (κ2) is 6.94. The summed E-state index contributed by atoms with van der Waals surface area (Å²) in [6.45, 7) is 1.02. The third-order valence-electron chi connectivity index (χ3n) is 3.51. The Morgan fingerprint density at radius 1 is 1.12 bits per heavy atom. The van der Waals surface area contributed by atoms with Gasteiger partial charge < -0.3 is 5.11 Å². The molecule has 140 valence electrons. The standard InChI is InChI=1S/C16H13F4NO4S/c1-10(15(22)23)21(13-4-2-3-11(9-13)16(18,19)20)26(24,25)14-7-5-12(17)6-8-14/h2-10H,1H3,(H,22,23). The van der Waals surface area contributed by atoms with E-state index in [-0.39, 0.29) is 0 Å². The van der Waals surface area contributed by atoms with Gasteiger partial charge in [-0.15, -0.1) is 0 Å². The molecule has 0 aliphatic carbocycles. The second-order valence-corrected chi connectivity index (χ2v) is 7.13. The minimum absolute atomic E-state index is 0.359. The molecule has 0 bridgehead atoms. The average Bonchev–Trinajstić information content (AvgIpc) is 2.54. The highest BCUT2D eigenvalue weighted by atomic mass is 32.2. The molecule has 0 saturated heterocycles. The molecule has 0 aliphatic rings. The Kier molecular flexibility index (Phi) is 5.26. The molecule has 0 saturated carbocycles. The molecule has 0 heterocycles. The number of nitrogens with zero attached hydrogens (tertiary/aromatic N) is 1. The summed E-state index contributed by atoms with van der Waals surface area (Å²) in [5.41, 5.74) is -1.61. The monoisotopic (exact) mass is 391 g/mol. The fraction of sp³-hybridized carbons (Fsp3) is 0.188. The fourth-order valence-electron chi connectivity index (χ4n) is 2.21. The summed E-state index contributed by atoms with van der Waals surface area (Å²) in [5, 5.41) is 9.21. The number of carboxylic acids is 1. The van der Waals surface area contributed by atoms with Gasteiger partial charge >= 0.3 is 12.1 Å². The normalized spacial score (nSPS) is 13.3. The molecular formula is C16H13F4NO4S. The third-order valence-corrected chi connectivity index (χ3v) is 5.42. The van der Waals surface area contributed by atoms with Crippen LogP contribution in [0.5, 0.6) is 0 Å². The summed E-state index contributed by atoms with van der Waals surface area (Å²) in [6, 6.07) is 5.10. The van der Waals surface area contributed by atoms with Crippen LogP contribution in [0, 0.1) is 5.82 Å². The van der Waals surface area contributed by atoms with Crippen molar-refractivity contribution in [3.8, 4) is 0 Å². The minimum Gasteiger partial charge on any atom is -0.480 e.